The fourth-order valence-electron chi connectivity index (χ4n) is 1.96. The van der Waals surface area contributed by atoms with Crippen LogP contribution in [0.2, 0.25) is 0 Å². The first-order chi connectivity index (χ1) is 8.42. The molecule has 0 saturated carbocycles. The van der Waals surface area contributed by atoms with Crippen LogP contribution in [0, 0.1) is 0 Å². The molecular weight excluding hydrogens is 246 g/mol. The first-order valence-electron chi connectivity index (χ1n) is 5.95. The van der Waals surface area contributed by atoms with Crippen molar-refractivity contribution in [2.75, 3.05) is 13.1 Å². The Labute approximate surface area is 113 Å². The average Bonchev–Trinajstić information content (AvgIpc) is 2.31. The van der Waals surface area contributed by atoms with E-state index in [1.165, 1.54) is 5.56 Å². The lowest BCUT2D eigenvalue weighted by Gasteiger charge is -2.27. The smallest absolute Gasteiger partial charge is 0.127 e. The van der Waals surface area contributed by atoms with Crippen molar-refractivity contribution in [2.24, 2.45) is 0 Å². The minimum atomic E-state index is 0. The van der Waals surface area contributed by atoms with Crippen molar-refractivity contribution in [3.8, 4) is 11.5 Å². The van der Waals surface area contributed by atoms with Crippen LogP contribution in [0.15, 0.2) is 54.6 Å². The van der Waals surface area contributed by atoms with Gasteiger partial charge in [-0.1, -0.05) is 30.3 Å². The molecule has 1 N–H and O–H groups in total. The number of hydrogen-bond acceptors (Lipinski definition) is 2. The molecule has 1 aliphatic heterocycles. The van der Waals surface area contributed by atoms with Gasteiger partial charge in [-0.05, 0) is 29.8 Å². The van der Waals surface area contributed by atoms with Gasteiger partial charge in [-0.25, -0.2) is 0 Å². The summed E-state index contributed by atoms with van der Waals surface area (Å²) in [6, 6.07) is 18.3. The lowest BCUT2D eigenvalue weighted by molar-refractivity contribution is 0.446. The highest BCUT2D eigenvalue weighted by Gasteiger charge is 2.18. The molecule has 3 heteroatoms. The van der Waals surface area contributed by atoms with Crippen molar-refractivity contribution in [3.05, 3.63) is 60.2 Å². The molecule has 3 rings (SSSR count). The molecule has 1 fully saturated rings. The third-order valence-corrected chi connectivity index (χ3v) is 3.11. The highest BCUT2D eigenvalue weighted by Crippen LogP contribution is 2.25. The van der Waals surface area contributed by atoms with Crippen LogP contribution in [0.4, 0.5) is 0 Å². The Morgan fingerprint density at radius 3 is 2.00 bits per heavy atom. The molecule has 0 aromatic heterocycles. The lowest BCUT2D eigenvalue weighted by atomic mass is 9.94. The third kappa shape index (κ3) is 2.84. The Hall–Kier alpha value is -1.51. The van der Waals surface area contributed by atoms with Crippen LogP contribution in [0.5, 0.6) is 11.5 Å². The summed E-state index contributed by atoms with van der Waals surface area (Å²) in [5.74, 6) is 2.46. The van der Waals surface area contributed by atoms with E-state index < -0.39 is 0 Å². The molecule has 1 aliphatic rings. The summed E-state index contributed by atoms with van der Waals surface area (Å²) in [7, 11) is 0. The van der Waals surface area contributed by atoms with Crippen LogP contribution in [-0.2, 0) is 0 Å². The normalized spacial score (nSPS) is 14.4. The van der Waals surface area contributed by atoms with E-state index in [1.807, 2.05) is 42.5 Å². The zero-order valence-corrected chi connectivity index (χ0v) is 10.8. The quantitative estimate of drug-likeness (QED) is 0.912. The van der Waals surface area contributed by atoms with Crippen LogP contribution >= 0.6 is 12.4 Å². The monoisotopic (exact) mass is 261 g/mol. The van der Waals surface area contributed by atoms with Gasteiger partial charge >= 0.3 is 0 Å². The topological polar surface area (TPSA) is 21.3 Å². The molecule has 18 heavy (non-hydrogen) atoms. The molecule has 0 atom stereocenters. The van der Waals surface area contributed by atoms with E-state index in [2.05, 4.69) is 17.4 Å². The van der Waals surface area contributed by atoms with Crippen LogP contribution < -0.4 is 10.1 Å². The van der Waals surface area contributed by atoms with Gasteiger partial charge in [-0.15, -0.1) is 12.4 Å². The number of para-hydroxylation sites is 1. The Bertz CT molecular complexity index is 480. The van der Waals surface area contributed by atoms with Crippen molar-refractivity contribution in [1.29, 1.82) is 0 Å². The minimum absolute atomic E-state index is 0. The molecule has 0 spiro atoms. The number of hydrogen-bond donors (Lipinski definition) is 1. The second-order valence-electron chi connectivity index (χ2n) is 4.34. The maximum atomic E-state index is 5.75. The Morgan fingerprint density at radius 1 is 0.833 bits per heavy atom. The van der Waals surface area contributed by atoms with Crippen molar-refractivity contribution in [2.45, 2.75) is 5.92 Å². The Balaban J connectivity index is 0.00000120. The van der Waals surface area contributed by atoms with Gasteiger partial charge in [0.15, 0.2) is 0 Å². The van der Waals surface area contributed by atoms with E-state index in [-0.39, 0.29) is 12.4 Å². The fourth-order valence-corrected chi connectivity index (χ4v) is 1.96. The molecule has 0 radical (unpaired) electrons. The van der Waals surface area contributed by atoms with Crippen molar-refractivity contribution in [1.82, 2.24) is 5.32 Å². The van der Waals surface area contributed by atoms with E-state index in [0.29, 0.717) is 5.92 Å². The van der Waals surface area contributed by atoms with Gasteiger partial charge in [-0.2, -0.15) is 0 Å². The molecule has 1 saturated heterocycles. The standard InChI is InChI=1S/C15H15NO.ClH/c1-2-4-14(5-3-1)17-15-8-6-12(7-9-15)13-10-16-11-13;/h1-9,13,16H,10-11H2;1H. The van der Waals surface area contributed by atoms with Gasteiger partial charge in [-0.3, -0.25) is 0 Å². The molecule has 94 valence electrons. The molecule has 0 amide bonds. The molecule has 0 bridgehead atoms. The Kier molecular flexibility index (Phi) is 4.24. The van der Waals surface area contributed by atoms with Crippen molar-refractivity contribution < 1.29 is 4.74 Å². The SMILES string of the molecule is Cl.c1ccc(Oc2ccc(C3CNC3)cc2)cc1. The minimum Gasteiger partial charge on any atom is -0.457 e. The number of benzene rings is 2. The molecule has 1 heterocycles. The predicted octanol–water partition coefficient (Wildman–Crippen LogP) is 3.59. The van der Waals surface area contributed by atoms with E-state index in [0.717, 1.165) is 24.6 Å². The van der Waals surface area contributed by atoms with Gasteiger partial charge in [0.05, 0.1) is 0 Å². The maximum absolute atomic E-state index is 5.75. The number of nitrogens with one attached hydrogen (secondary N) is 1. The van der Waals surface area contributed by atoms with Gasteiger partial charge in [0, 0.05) is 19.0 Å². The van der Waals surface area contributed by atoms with Gasteiger partial charge < -0.3 is 10.1 Å². The van der Waals surface area contributed by atoms with Crippen LogP contribution in [0.25, 0.3) is 0 Å². The second-order valence-corrected chi connectivity index (χ2v) is 4.34. The first kappa shape index (κ1) is 12.9. The summed E-state index contributed by atoms with van der Waals surface area (Å²) < 4.78 is 5.75. The summed E-state index contributed by atoms with van der Waals surface area (Å²) in [6.45, 7) is 2.19. The van der Waals surface area contributed by atoms with Gasteiger partial charge in [0.25, 0.3) is 0 Å². The van der Waals surface area contributed by atoms with E-state index in [4.69, 9.17) is 4.74 Å². The number of halogens is 1. The van der Waals surface area contributed by atoms with E-state index >= 15 is 0 Å². The molecule has 0 aliphatic carbocycles. The first-order valence-corrected chi connectivity index (χ1v) is 5.95. The van der Waals surface area contributed by atoms with Crippen LogP contribution in [0.3, 0.4) is 0 Å². The highest BCUT2D eigenvalue weighted by molar-refractivity contribution is 5.85. The zero-order valence-electron chi connectivity index (χ0n) is 10.0. The summed E-state index contributed by atoms with van der Waals surface area (Å²) in [6.07, 6.45) is 0. The fraction of sp³-hybridized carbons (Fsp3) is 0.200. The molecule has 2 aromatic carbocycles. The largest absolute Gasteiger partial charge is 0.457 e. The third-order valence-electron chi connectivity index (χ3n) is 3.11. The molecular formula is C15H16ClNO. The van der Waals surface area contributed by atoms with Gasteiger partial charge in [0.2, 0.25) is 0 Å². The molecule has 2 nitrogen and oxygen atoms in total. The summed E-state index contributed by atoms with van der Waals surface area (Å²) in [5, 5.41) is 3.28. The second kappa shape index (κ2) is 5.89. The zero-order chi connectivity index (χ0) is 11.5. The van der Waals surface area contributed by atoms with Crippen molar-refractivity contribution in [3.63, 3.8) is 0 Å². The Morgan fingerprint density at radius 2 is 1.44 bits per heavy atom. The lowest BCUT2D eigenvalue weighted by Crippen LogP contribution is -2.39. The molecule has 2 aromatic rings. The predicted molar refractivity (Wildman–Crippen MR) is 75.8 cm³/mol. The van der Waals surface area contributed by atoms with Crippen LogP contribution in [-0.4, -0.2) is 13.1 Å². The number of ether oxygens (including phenoxy) is 1. The van der Waals surface area contributed by atoms with Gasteiger partial charge in [0.1, 0.15) is 11.5 Å². The maximum Gasteiger partial charge on any atom is 0.127 e. The van der Waals surface area contributed by atoms with E-state index in [9.17, 15) is 0 Å². The summed E-state index contributed by atoms with van der Waals surface area (Å²) in [4.78, 5) is 0. The van der Waals surface area contributed by atoms with Crippen LogP contribution in [0.1, 0.15) is 11.5 Å². The molecule has 0 unspecified atom stereocenters. The number of rotatable bonds is 3. The summed E-state index contributed by atoms with van der Waals surface area (Å²) in [5.41, 5.74) is 1.39. The van der Waals surface area contributed by atoms with Crippen molar-refractivity contribution >= 4 is 12.4 Å². The average molecular weight is 262 g/mol. The van der Waals surface area contributed by atoms with E-state index in [1.54, 1.807) is 0 Å². The highest BCUT2D eigenvalue weighted by atomic mass is 35.5. The summed E-state index contributed by atoms with van der Waals surface area (Å²) >= 11 is 0.